The van der Waals surface area contributed by atoms with Crippen LogP contribution in [0.3, 0.4) is 0 Å². The number of hydrogen-bond acceptors (Lipinski definition) is 3. The predicted molar refractivity (Wildman–Crippen MR) is 63.9 cm³/mol. The summed E-state index contributed by atoms with van der Waals surface area (Å²) in [5.41, 5.74) is 0.581. The SMILES string of the molecule is O=C(c1cccc(O)c1)N1CC[C@H]2CNC[C@H]21. The summed E-state index contributed by atoms with van der Waals surface area (Å²) in [5, 5.41) is 12.7. The highest BCUT2D eigenvalue weighted by molar-refractivity contribution is 5.95. The minimum atomic E-state index is 0.0390. The molecule has 1 amide bonds. The second kappa shape index (κ2) is 4.04. The summed E-state index contributed by atoms with van der Waals surface area (Å²) < 4.78 is 0. The van der Waals surface area contributed by atoms with Crippen molar-refractivity contribution in [1.82, 2.24) is 10.2 Å². The number of fused-ring (bicyclic) bond motifs is 1. The Morgan fingerprint density at radius 2 is 2.29 bits per heavy atom. The molecular weight excluding hydrogens is 216 g/mol. The Labute approximate surface area is 100 Å². The van der Waals surface area contributed by atoms with Gasteiger partial charge in [0.05, 0.1) is 0 Å². The van der Waals surface area contributed by atoms with Gasteiger partial charge in [-0.25, -0.2) is 0 Å². The van der Waals surface area contributed by atoms with Crippen LogP contribution in [0.4, 0.5) is 0 Å². The van der Waals surface area contributed by atoms with E-state index in [0.717, 1.165) is 26.1 Å². The zero-order valence-electron chi connectivity index (χ0n) is 9.60. The lowest BCUT2D eigenvalue weighted by Crippen LogP contribution is -2.39. The molecule has 0 bridgehead atoms. The summed E-state index contributed by atoms with van der Waals surface area (Å²) in [7, 11) is 0. The molecule has 4 heteroatoms. The van der Waals surface area contributed by atoms with Crippen molar-refractivity contribution in [2.75, 3.05) is 19.6 Å². The van der Waals surface area contributed by atoms with Crippen LogP contribution in [0.5, 0.6) is 5.75 Å². The number of carbonyl (C=O) groups excluding carboxylic acids is 1. The van der Waals surface area contributed by atoms with Gasteiger partial charge in [0.2, 0.25) is 0 Å². The Bertz CT molecular complexity index is 447. The first-order chi connectivity index (χ1) is 8.25. The number of aromatic hydroxyl groups is 1. The molecule has 2 atom stereocenters. The average molecular weight is 232 g/mol. The van der Waals surface area contributed by atoms with Crippen LogP contribution >= 0.6 is 0 Å². The average Bonchev–Trinajstić information content (AvgIpc) is 2.89. The highest BCUT2D eigenvalue weighted by Crippen LogP contribution is 2.28. The highest BCUT2D eigenvalue weighted by atomic mass is 16.3. The molecule has 2 N–H and O–H groups in total. The van der Waals surface area contributed by atoms with Gasteiger partial charge in [0.25, 0.3) is 5.91 Å². The van der Waals surface area contributed by atoms with E-state index in [-0.39, 0.29) is 11.7 Å². The summed E-state index contributed by atoms with van der Waals surface area (Å²) in [6.45, 7) is 2.76. The Morgan fingerprint density at radius 1 is 1.41 bits per heavy atom. The number of carbonyl (C=O) groups is 1. The summed E-state index contributed by atoms with van der Waals surface area (Å²) >= 11 is 0. The van der Waals surface area contributed by atoms with Crippen LogP contribution in [0, 0.1) is 5.92 Å². The Morgan fingerprint density at radius 3 is 3.12 bits per heavy atom. The fraction of sp³-hybridized carbons (Fsp3) is 0.462. The number of phenolic OH excluding ortho intramolecular Hbond substituents is 1. The summed E-state index contributed by atoms with van der Waals surface area (Å²) in [6, 6.07) is 6.93. The molecule has 1 aromatic carbocycles. The molecule has 0 radical (unpaired) electrons. The number of rotatable bonds is 1. The maximum absolute atomic E-state index is 12.3. The Balaban J connectivity index is 1.83. The molecule has 2 aliphatic rings. The molecule has 0 spiro atoms. The van der Waals surface area contributed by atoms with Gasteiger partial charge >= 0.3 is 0 Å². The normalized spacial score (nSPS) is 27.2. The number of nitrogens with one attached hydrogen (secondary N) is 1. The van der Waals surface area contributed by atoms with E-state index in [0.29, 0.717) is 17.5 Å². The van der Waals surface area contributed by atoms with Gasteiger partial charge in [-0.3, -0.25) is 4.79 Å². The molecule has 3 rings (SSSR count). The molecule has 0 saturated carbocycles. The number of nitrogens with zero attached hydrogens (tertiary/aromatic N) is 1. The van der Waals surface area contributed by atoms with Gasteiger partial charge in [-0.2, -0.15) is 0 Å². The number of phenols is 1. The predicted octanol–water partition coefficient (Wildman–Crippen LogP) is 0.826. The second-order valence-corrected chi connectivity index (χ2v) is 4.82. The lowest BCUT2D eigenvalue weighted by atomic mass is 10.0. The summed E-state index contributed by atoms with van der Waals surface area (Å²) in [6.07, 6.45) is 1.09. The largest absolute Gasteiger partial charge is 0.508 e. The maximum atomic E-state index is 12.3. The first kappa shape index (κ1) is 10.6. The summed E-state index contributed by atoms with van der Waals surface area (Å²) in [5.74, 6) is 0.796. The highest BCUT2D eigenvalue weighted by Gasteiger charge is 2.40. The molecule has 0 unspecified atom stereocenters. The minimum Gasteiger partial charge on any atom is -0.508 e. The standard InChI is InChI=1S/C13H16N2O2/c16-11-3-1-2-9(6-11)13(17)15-5-4-10-7-14-8-12(10)15/h1-3,6,10,12,14,16H,4-5,7-8H2/t10-,12+/m0/s1. The smallest absolute Gasteiger partial charge is 0.254 e. The van der Waals surface area contributed by atoms with E-state index in [1.165, 1.54) is 6.07 Å². The Kier molecular flexibility index (Phi) is 2.52. The van der Waals surface area contributed by atoms with Crippen LogP contribution < -0.4 is 5.32 Å². The van der Waals surface area contributed by atoms with Crippen LogP contribution in [0.15, 0.2) is 24.3 Å². The van der Waals surface area contributed by atoms with Crippen LogP contribution in [-0.2, 0) is 0 Å². The molecular formula is C13H16N2O2. The van der Waals surface area contributed by atoms with E-state index in [4.69, 9.17) is 0 Å². The van der Waals surface area contributed by atoms with E-state index < -0.39 is 0 Å². The van der Waals surface area contributed by atoms with Gasteiger partial charge in [0, 0.05) is 31.2 Å². The van der Waals surface area contributed by atoms with Gasteiger partial charge in [-0.05, 0) is 30.5 Å². The minimum absolute atomic E-state index is 0.0390. The van der Waals surface area contributed by atoms with E-state index >= 15 is 0 Å². The molecule has 0 aromatic heterocycles. The third kappa shape index (κ3) is 1.78. The number of amides is 1. The quantitative estimate of drug-likeness (QED) is 0.754. The van der Waals surface area contributed by atoms with Gasteiger partial charge in [-0.1, -0.05) is 6.07 Å². The fourth-order valence-corrected chi connectivity index (χ4v) is 2.91. The topological polar surface area (TPSA) is 52.6 Å². The second-order valence-electron chi connectivity index (χ2n) is 4.82. The third-order valence-corrected chi connectivity index (χ3v) is 3.80. The number of benzene rings is 1. The van der Waals surface area contributed by atoms with Crippen molar-refractivity contribution in [1.29, 1.82) is 0 Å². The van der Waals surface area contributed by atoms with Crippen LogP contribution in [0.2, 0.25) is 0 Å². The van der Waals surface area contributed by atoms with Crippen molar-refractivity contribution in [3.05, 3.63) is 29.8 Å². The molecule has 2 heterocycles. The lowest BCUT2D eigenvalue weighted by Gasteiger charge is -2.23. The molecule has 2 fully saturated rings. The van der Waals surface area contributed by atoms with Crippen LogP contribution in [-0.4, -0.2) is 41.6 Å². The monoisotopic (exact) mass is 232 g/mol. The van der Waals surface area contributed by atoms with Crippen molar-refractivity contribution in [2.45, 2.75) is 12.5 Å². The van der Waals surface area contributed by atoms with E-state index in [9.17, 15) is 9.90 Å². The molecule has 4 nitrogen and oxygen atoms in total. The molecule has 2 aliphatic heterocycles. The summed E-state index contributed by atoms with van der Waals surface area (Å²) in [4.78, 5) is 14.3. The zero-order chi connectivity index (χ0) is 11.8. The van der Waals surface area contributed by atoms with Gasteiger partial charge in [0.1, 0.15) is 5.75 Å². The van der Waals surface area contributed by atoms with Crippen LogP contribution in [0.25, 0.3) is 0 Å². The van der Waals surface area contributed by atoms with E-state index in [1.807, 2.05) is 4.90 Å². The van der Waals surface area contributed by atoms with E-state index in [1.54, 1.807) is 18.2 Å². The van der Waals surface area contributed by atoms with Crippen LogP contribution in [0.1, 0.15) is 16.8 Å². The number of hydrogen-bond donors (Lipinski definition) is 2. The third-order valence-electron chi connectivity index (χ3n) is 3.80. The molecule has 17 heavy (non-hydrogen) atoms. The van der Waals surface area contributed by atoms with Crippen molar-refractivity contribution < 1.29 is 9.90 Å². The van der Waals surface area contributed by atoms with Crippen molar-refractivity contribution in [2.24, 2.45) is 5.92 Å². The lowest BCUT2D eigenvalue weighted by molar-refractivity contribution is 0.0736. The zero-order valence-corrected chi connectivity index (χ0v) is 9.60. The van der Waals surface area contributed by atoms with Crippen molar-refractivity contribution in [3.63, 3.8) is 0 Å². The molecule has 2 saturated heterocycles. The van der Waals surface area contributed by atoms with Gasteiger partial charge in [-0.15, -0.1) is 0 Å². The molecule has 1 aromatic rings. The fourth-order valence-electron chi connectivity index (χ4n) is 2.91. The van der Waals surface area contributed by atoms with Crippen molar-refractivity contribution in [3.8, 4) is 5.75 Å². The van der Waals surface area contributed by atoms with Crippen molar-refractivity contribution >= 4 is 5.91 Å². The first-order valence-corrected chi connectivity index (χ1v) is 6.06. The number of likely N-dealkylation sites (tertiary alicyclic amines) is 1. The van der Waals surface area contributed by atoms with Gasteiger partial charge in [0.15, 0.2) is 0 Å². The molecule has 90 valence electrons. The first-order valence-electron chi connectivity index (χ1n) is 6.06. The molecule has 0 aliphatic carbocycles. The Hall–Kier alpha value is -1.55. The van der Waals surface area contributed by atoms with Gasteiger partial charge < -0.3 is 15.3 Å². The van der Waals surface area contributed by atoms with E-state index in [2.05, 4.69) is 5.32 Å². The maximum Gasteiger partial charge on any atom is 0.254 e.